The maximum atomic E-state index is 12.0. The van der Waals surface area contributed by atoms with Gasteiger partial charge in [0.25, 0.3) is 5.69 Å². The van der Waals surface area contributed by atoms with Crippen molar-refractivity contribution in [3.63, 3.8) is 0 Å². The number of para-hydroxylation sites is 1. The van der Waals surface area contributed by atoms with Crippen LogP contribution in [0.15, 0.2) is 50.7 Å². The fourth-order valence-corrected chi connectivity index (χ4v) is 3.84. The maximum Gasteiger partial charge on any atom is 0.286 e. The summed E-state index contributed by atoms with van der Waals surface area (Å²) in [6.45, 7) is 1.45. The molecule has 0 bridgehead atoms. The van der Waals surface area contributed by atoms with Crippen molar-refractivity contribution in [1.82, 2.24) is 0 Å². The Hall–Kier alpha value is -1.86. The van der Waals surface area contributed by atoms with Crippen molar-refractivity contribution in [3.8, 4) is 0 Å². The zero-order valence-electron chi connectivity index (χ0n) is 10.9. The highest BCUT2D eigenvalue weighted by atomic mass is 79.9. The molecule has 0 unspecified atom stereocenters. The highest BCUT2D eigenvalue weighted by molar-refractivity contribution is 9.10. The molecule has 0 saturated carbocycles. The largest absolute Gasteiger partial charge is 0.286 e. The van der Waals surface area contributed by atoms with Crippen molar-refractivity contribution in [3.05, 3.63) is 51.0 Å². The average molecular weight is 365 g/mol. The maximum absolute atomic E-state index is 12.0. The number of nitro benzene ring substituents is 1. The number of fused-ring (bicyclic) bond motifs is 2. The van der Waals surface area contributed by atoms with E-state index in [4.69, 9.17) is 0 Å². The molecule has 7 heteroatoms. The standard InChI is InChI=1S/C14H9BrN2O3S/c1-8(18)16-10-4-2-3-5-13(10)21-14-11(16)6-9(15)7-12(14)17(19)20/h2-7H,1H3. The minimum Gasteiger partial charge on any atom is -0.279 e. The molecule has 0 atom stereocenters. The minimum atomic E-state index is -0.428. The lowest BCUT2D eigenvalue weighted by Gasteiger charge is -2.30. The fraction of sp³-hybridized carbons (Fsp3) is 0.0714. The fourth-order valence-electron chi connectivity index (χ4n) is 2.28. The summed E-state index contributed by atoms with van der Waals surface area (Å²) in [6.07, 6.45) is 0. The van der Waals surface area contributed by atoms with Crippen LogP contribution in [-0.4, -0.2) is 10.8 Å². The molecule has 0 fully saturated rings. The summed E-state index contributed by atoms with van der Waals surface area (Å²) >= 11 is 4.59. The molecule has 0 N–H and O–H groups in total. The lowest BCUT2D eigenvalue weighted by atomic mass is 10.2. The van der Waals surface area contributed by atoms with Crippen molar-refractivity contribution < 1.29 is 9.72 Å². The van der Waals surface area contributed by atoms with Crippen molar-refractivity contribution in [1.29, 1.82) is 0 Å². The van der Waals surface area contributed by atoms with Gasteiger partial charge in [-0.1, -0.05) is 39.8 Å². The Balaban J connectivity index is 2.32. The van der Waals surface area contributed by atoms with Crippen LogP contribution in [0.2, 0.25) is 0 Å². The van der Waals surface area contributed by atoms with Gasteiger partial charge in [-0.3, -0.25) is 19.8 Å². The molecule has 0 saturated heterocycles. The first kappa shape index (κ1) is 14.1. The van der Waals surface area contributed by atoms with Crippen LogP contribution in [0, 0.1) is 10.1 Å². The van der Waals surface area contributed by atoms with E-state index in [2.05, 4.69) is 15.9 Å². The summed E-state index contributed by atoms with van der Waals surface area (Å²) in [5.74, 6) is -0.184. The summed E-state index contributed by atoms with van der Waals surface area (Å²) < 4.78 is 0.569. The van der Waals surface area contributed by atoms with Crippen LogP contribution in [0.4, 0.5) is 17.1 Å². The Labute approximate surface area is 133 Å². The number of nitro groups is 1. The second-order valence-electron chi connectivity index (χ2n) is 4.45. The number of nitrogens with zero attached hydrogens (tertiary/aromatic N) is 2. The van der Waals surface area contributed by atoms with E-state index < -0.39 is 4.92 Å². The second-order valence-corrected chi connectivity index (χ2v) is 6.42. The Kier molecular flexibility index (Phi) is 3.46. The zero-order chi connectivity index (χ0) is 15.1. The van der Waals surface area contributed by atoms with Crippen LogP contribution < -0.4 is 4.90 Å². The number of hydrogen-bond acceptors (Lipinski definition) is 4. The molecule has 2 aromatic carbocycles. The predicted molar refractivity (Wildman–Crippen MR) is 84.2 cm³/mol. The molecule has 21 heavy (non-hydrogen) atoms. The van der Waals surface area contributed by atoms with Crippen LogP contribution in [-0.2, 0) is 4.79 Å². The monoisotopic (exact) mass is 364 g/mol. The number of benzene rings is 2. The number of carbonyl (C=O) groups is 1. The van der Waals surface area contributed by atoms with Crippen LogP contribution in [0.1, 0.15) is 6.92 Å². The van der Waals surface area contributed by atoms with Crippen molar-refractivity contribution in [2.24, 2.45) is 0 Å². The first-order valence-electron chi connectivity index (χ1n) is 6.04. The van der Waals surface area contributed by atoms with Gasteiger partial charge in [0.15, 0.2) is 0 Å². The number of halogens is 1. The third kappa shape index (κ3) is 2.32. The molecule has 1 heterocycles. The minimum absolute atomic E-state index is 0.00914. The van der Waals surface area contributed by atoms with Crippen LogP contribution in [0.5, 0.6) is 0 Å². The predicted octanol–water partition coefficient (Wildman–Crippen LogP) is 4.51. The summed E-state index contributed by atoms with van der Waals surface area (Å²) in [5.41, 5.74) is 1.27. The van der Waals surface area contributed by atoms with E-state index in [1.54, 1.807) is 6.07 Å². The van der Waals surface area contributed by atoms with Gasteiger partial charge in [-0.05, 0) is 18.2 Å². The molecule has 1 aliphatic rings. The van der Waals surface area contributed by atoms with Gasteiger partial charge in [0.05, 0.1) is 16.3 Å². The van der Waals surface area contributed by atoms with E-state index in [-0.39, 0.29) is 11.6 Å². The molecule has 106 valence electrons. The van der Waals surface area contributed by atoms with Gasteiger partial charge in [-0.2, -0.15) is 0 Å². The summed E-state index contributed by atoms with van der Waals surface area (Å²) in [7, 11) is 0. The molecule has 0 aromatic heterocycles. The summed E-state index contributed by atoms with van der Waals surface area (Å²) in [4.78, 5) is 25.7. The molecule has 5 nitrogen and oxygen atoms in total. The third-order valence-electron chi connectivity index (χ3n) is 3.09. The van der Waals surface area contributed by atoms with E-state index in [0.29, 0.717) is 15.1 Å². The lowest BCUT2D eigenvalue weighted by Crippen LogP contribution is -2.26. The van der Waals surface area contributed by atoms with Gasteiger partial charge < -0.3 is 0 Å². The Morgan fingerprint density at radius 2 is 2.00 bits per heavy atom. The molecule has 2 aromatic rings. The van der Waals surface area contributed by atoms with Gasteiger partial charge in [-0.15, -0.1) is 0 Å². The van der Waals surface area contributed by atoms with Gasteiger partial charge in [0.2, 0.25) is 5.91 Å². The molecule has 0 aliphatic carbocycles. The number of anilines is 2. The van der Waals surface area contributed by atoms with E-state index in [0.717, 1.165) is 10.6 Å². The van der Waals surface area contributed by atoms with E-state index in [9.17, 15) is 14.9 Å². The quantitative estimate of drug-likeness (QED) is 0.551. The number of hydrogen-bond donors (Lipinski definition) is 0. The second kappa shape index (κ2) is 5.16. The molecule has 1 amide bonds. The van der Waals surface area contributed by atoms with Crippen LogP contribution in [0.25, 0.3) is 0 Å². The lowest BCUT2D eigenvalue weighted by molar-refractivity contribution is -0.387. The van der Waals surface area contributed by atoms with Gasteiger partial charge in [0, 0.05) is 22.4 Å². The van der Waals surface area contributed by atoms with Crippen LogP contribution >= 0.6 is 27.7 Å². The molecule has 0 spiro atoms. The molecule has 1 aliphatic heterocycles. The highest BCUT2D eigenvalue weighted by Gasteiger charge is 2.32. The van der Waals surface area contributed by atoms with Gasteiger partial charge >= 0.3 is 0 Å². The highest BCUT2D eigenvalue weighted by Crippen LogP contribution is 2.52. The molecule has 3 rings (SSSR count). The third-order valence-corrected chi connectivity index (χ3v) is 4.73. The van der Waals surface area contributed by atoms with Crippen molar-refractivity contribution >= 4 is 50.7 Å². The average Bonchev–Trinajstić information content (AvgIpc) is 2.43. The molecular formula is C14H9BrN2O3S. The van der Waals surface area contributed by atoms with Gasteiger partial charge in [-0.25, -0.2) is 0 Å². The summed E-state index contributed by atoms with van der Waals surface area (Å²) in [6, 6.07) is 10.6. The van der Waals surface area contributed by atoms with E-state index in [1.165, 1.54) is 29.7 Å². The SMILES string of the molecule is CC(=O)N1c2ccccc2Sc2c1cc(Br)cc2[N+](=O)[O-]. The van der Waals surface area contributed by atoms with E-state index >= 15 is 0 Å². The first-order chi connectivity index (χ1) is 9.99. The number of rotatable bonds is 1. The summed E-state index contributed by atoms with van der Waals surface area (Å²) in [5, 5.41) is 11.3. The molecular weight excluding hydrogens is 356 g/mol. The van der Waals surface area contributed by atoms with Gasteiger partial charge in [0.1, 0.15) is 4.90 Å². The number of carbonyl (C=O) groups excluding carboxylic acids is 1. The smallest absolute Gasteiger partial charge is 0.279 e. The zero-order valence-corrected chi connectivity index (χ0v) is 13.3. The van der Waals surface area contributed by atoms with E-state index in [1.807, 2.05) is 24.3 Å². The number of amides is 1. The topological polar surface area (TPSA) is 63.5 Å². The Morgan fingerprint density at radius 3 is 2.67 bits per heavy atom. The Bertz CT molecular complexity index is 779. The normalized spacial score (nSPS) is 12.6. The van der Waals surface area contributed by atoms with Crippen molar-refractivity contribution in [2.75, 3.05) is 4.90 Å². The molecule has 0 radical (unpaired) electrons. The van der Waals surface area contributed by atoms with Crippen LogP contribution in [0.3, 0.4) is 0 Å². The first-order valence-corrected chi connectivity index (χ1v) is 7.65. The Morgan fingerprint density at radius 1 is 1.29 bits per heavy atom. The van der Waals surface area contributed by atoms with Crippen molar-refractivity contribution in [2.45, 2.75) is 16.7 Å².